The minimum absolute atomic E-state index is 0.247. The first-order chi connectivity index (χ1) is 13.5. The first-order valence-electron chi connectivity index (χ1n) is 9.17. The zero-order valence-electron chi connectivity index (χ0n) is 16.5. The Morgan fingerprint density at radius 3 is 2.25 bits per heavy atom. The molecule has 2 N–H and O–H groups in total. The topological polar surface area (TPSA) is 76.1 Å². The third-order valence-electron chi connectivity index (χ3n) is 4.24. The second-order valence-electron chi connectivity index (χ2n) is 6.60. The Balaban J connectivity index is 1.67. The van der Waals surface area contributed by atoms with Crippen LogP contribution in [0.5, 0.6) is 5.75 Å². The van der Waals surface area contributed by atoms with Crippen LogP contribution in [0.25, 0.3) is 0 Å². The van der Waals surface area contributed by atoms with Crippen molar-refractivity contribution < 1.29 is 9.53 Å². The smallest absolute Gasteiger partial charge is 0.275 e. The molecule has 0 atom stereocenters. The number of hydrogen-bond donors (Lipinski definition) is 2. The number of aromatic nitrogens is 2. The van der Waals surface area contributed by atoms with Crippen molar-refractivity contribution in [2.45, 2.75) is 27.7 Å². The Bertz CT molecular complexity index is 944. The second-order valence-corrected chi connectivity index (χ2v) is 6.60. The molecule has 1 heterocycles. The lowest BCUT2D eigenvalue weighted by Crippen LogP contribution is -2.14. The highest BCUT2D eigenvalue weighted by atomic mass is 16.5. The van der Waals surface area contributed by atoms with E-state index in [4.69, 9.17) is 4.74 Å². The summed E-state index contributed by atoms with van der Waals surface area (Å²) < 4.78 is 5.39. The molecule has 1 amide bonds. The first-order valence-corrected chi connectivity index (χ1v) is 9.17. The largest absolute Gasteiger partial charge is 0.494 e. The van der Waals surface area contributed by atoms with Crippen molar-refractivity contribution in [1.82, 2.24) is 9.97 Å². The summed E-state index contributed by atoms with van der Waals surface area (Å²) in [6.45, 7) is 8.70. The zero-order chi connectivity index (χ0) is 20.1. The molecule has 0 saturated heterocycles. The second kappa shape index (κ2) is 8.52. The van der Waals surface area contributed by atoms with Gasteiger partial charge in [-0.3, -0.25) is 4.79 Å². The number of carbonyl (C=O) groups excluding carboxylic acids is 1. The Hall–Kier alpha value is -3.41. The predicted octanol–water partition coefficient (Wildman–Crippen LogP) is 4.80. The molecule has 144 valence electrons. The van der Waals surface area contributed by atoms with Crippen LogP contribution in [0.2, 0.25) is 0 Å². The number of aryl methyl sites for hydroxylation is 3. The minimum atomic E-state index is -0.314. The molecular formula is C22H24N4O2. The molecule has 0 bridgehead atoms. The van der Waals surface area contributed by atoms with Crippen molar-refractivity contribution in [2.75, 3.05) is 17.2 Å². The highest BCUT2D eigenvalue weighted by molar-refractivity contribution is 6.02. The van der Waals surface area contributed by atoms with E-state index in [-0.39, 0.29) is 11.6 Å². The lowest BCUT2D eigenvalue weighted by atomic mass is 10.1. The number of anilines is 3. The highest BCUT2D eigenvalue weighted by Crippen LogP contribution is 2.24. The molecule has 0 saturated carbocycles. The summed E-state index contributed by atoms with van der Waals surface area (Å²) >= 11 is 0. The number of carbonyl (C=O) groups is 1. The standard InChI is InChI=1S/C22H24N4O2/c1-5-28-18-8-6-17(7-9-18)25-22(27)19-12-24-20(13-23-19)26-21-15(3)10-14(2)11-16(21)4/h6-13H,5H2,1-4H3,(H,24,26)(H,25,27). The van der Waals surface area contributed by atoms with Gasteiger partial charge in [-0.25, -0.2) is 9.97 Å². The zero-order valence-corrected chi connectivity index (χ0v) is 16.5. The molecule has 0 aliphatic carbocycles. The molecule has 0 radical (unpaired) electrons. The molecular weight excluding hydrogens is 352 g/mol. The molecule has 0 unspecified atom stereocenters. The monoisotopic (exact) mass is 376 g/mol. The average molecular weight is 376 g/mol. The molecule has 1 aromatic heterocycles. The summed E-state index contributed by atoms with van der Waals surface area (Å²) in [6.07, 6.45) is 3.02. The Morgan fingerprint density at radius 1 is 1.00 bits per heavy atom. The first kappa shape index (κ1) is 19.4. The summed E-state index contributed by atoms with van der Waals surface area (Å²) in [4.78, 5) is 20.9. The number of amides is 1. The summed E-state index contributed by atoms with van der Waals surface area (Å²) in [7, 11) is 0. The van der Waals surface area contributed by atoms with Crippen molar-refractivity contribution >= 4 is 23.1 Å². The van der Waals surface area contributed by atoms with Gasteiger partial charge in [-0.15, -0.1) is 0 Å². The van der Waals surface area contributed by atoms with Crippen molar-refractivity contribution in [3.63, 3.8) is 0 Å². The van der Waals surface area contributed by atoms with E-state index in [1.165, 1.54) is 11.8 Å². The fourth-order valence-corrected chi connectivity index (χ4v) is 3.01. The molecule has 28 heavy (non-hydrogen) atoms. The van der Waals surface area contributed by atoms with Gasteiger partial charge >= 0.3 is 0 Å². The molecule has 3 rings (SSSR count). The van der Waals surface area contributed by atoms with E-state index >= 15 is 0 Å². The van der Waals surface area contributed by atoms with Gasteiger partial charge in [0.15, 0.2) is 0 Å². The van der Waals surface area contributed by atoms with Crippen molar-refractivity contribution in [1.29, 1.82) is 0 Å². The fourth-order valence-electron chi connectivity index (χ4n) is 3.01. The highest BCUT2D eigenvalue weighted by Gasteiger charge is 2.10. The SMILES string of the molecule is CCOc1ccc(NC(=O)c2cnc(Nc3c(C)cc(C)cc3C)cn2)cc1. The maximum atomic E-state index is 12.4. The van der Waals surface area contributed by atoms with Gasteiger partial charge in [0.1, 0.15) is 17.3 Å². The number of hydrogen-bond acceptors (Lipinski definition) is 5. The predicted molar refractivity (Wildman–Crippen MR) is 112 cm³/mol. The van der Waals surface area contributed by atoms with E-state index in [1.807, 2.05) is 32.9 Å². The molecule has 0 aliphatic rings. The molecule has 0 fully saturated rings. The van der Waals surface area contributed by atoms with Gasteiger partial charge in [0.25, 0.3) is 5.91 Å². The van der Waals surface area contributed by atoms with Gasteiger partial charge in [0.2, 0.25) is 0 Å². The molecule has 6 heteroatoms. The lowest BCUT2D eigenvalue weighted by Gasteiger charge is -2.13. The summed E-state index contributed by atoms with van der Waals surface area (Å²) in [5.41, 5.74) is 5.41. The molecule has 3 aromatic rings. The number of nitrogens with zero attached hydrogens (tertiary/aromatic N) is 2. The number of rotatable bonds is 6. The van der Waals surface area contributed by atoms with Crippen LogP contribution in [0, 0.1) is 20.8 Å². The van der Waals surface area contributed by atoms with E-state index < -0.39 is 0 Å². The summed E-state index contributed by atoms with van der Waals surface area (Å²) in [5, 5.41) is 6.09. The number of ether oxygens (including phenoxy) is 1. The van der Waals surface area contributed by atoms with Crippen molar-refractivity contribution in [2.24, 2.45) is 0 Å². The van der Waals surface area contributed by atoms with Gasteiger partial charge in [-0.05, 0) is 63.1 Å². The minimum Gasteiger partial charge on any atom is -0.494 e. The van der Waals surface area contributed by atoms with Crippen LogP contribution in [0.4, 0.5) is 17.2 Å². The summed E-state index contributed by atoms with van der Waals surface area (Å²) in [6, 6.07) is 11.4. The maximum absolute atomic E-state index is 12.4. The van der Waals surface area contributed by atoms with Crippen molar-refractivity contribution in [3.8, 4) is 5.75 Å². The molecule has 0 aliphatic heterocycles. The van der Waals surface area contributed by atoms with Crippen LogP contribution in [0.1, 0.15) is 34.1 Å². The van der Waals surface area contributed by atoms with Crippen LogP contribution in [0.15, 0.2) is 48.8 Å². The quantitative estimate of drug-likeness (QED) is 0.646. The van der Waals surface area contributed by atoms with Gasteiger partial charge in [-0.1, -0.05) is 17.7 Å². The lowest BCUT2D eigenvalue weighted by molar-refractivity contribution is 0.102. The van der Waals surface area contributed by atoms with Crippen LogP contribution >= 0.6 is 0 Å². The van der Waals surface area contributed by atoms with Crippen LogP contribution < -0.4 is 15.4 Å². The normalized spacial score (nSPS) is 10.4. The van der Waals surface area contributed by atoms with Gasteiger partial charge in [0, 0.05) is 11.4 Å². The van der Waals surface area contributed by atoms with Crippen LogP contribution in [0.3, 0.4) is 0 Å². The van der Waals surface area contributed by atoms with E-state index in [0.717, 1.165) is 22.6 Å². The third kappa shape index (κ3) is 4.65. The Labute approximate surface area is 165 Å². The van der Waals surface area contributed by atoms with Gasteiger partial charge in [-0.2, -0.15) is 0 Å². The Morgan fingerprint density at radius 2 is 1.68 bits per heavy atom. The third-order valence-corrected chi connectivity index (χ3v) is 4.24. The van der Waals surface area contributed by atoms with Crippen LogP contribution in [-0.2, 0) is 0 Å². The summed E-state index contributed by atoms with van der Waals surface area (Å²) in [5.74, 6) is 1.04. The number of benzene rings is 2. The van der Waals surface area contributed by atoms with E-state index in [9.17, 15) is 4.79 Å². The molecule has 6 nitrogen and oxygen atoms in total. The molecule has 2 aromatic carbocycles. The average Bonchev–Trinajstić information content (AvgIpc) is 2.67. The van der Waals surface area contributed by atoms with Crippen molar-refractivity contribution in [3.05, 3.63) is 71.2 Å². The fraction of sp³-hybridized carbons (Fsp3) is 0.227. The van der Waals surface area contributed by atoms with Gasteiger partial charge < -0.3 is 15.4 Å². The van der Waals surface area contributed by atoms with E-state index in [2.05, 4.69) is 39.7 Å². The maximum Gasteiger partial charge on any atom is 0.275 e. The Kier molecular flexibility index (Phi) is 5.89. The number of nitrogens with one attached hydrogen (secondary N) is 2. The van der Waals surface area contributed by atoms with E-state index in [0.29, 0.717) is 18.1 Å². The molecule has 0 spiro atoms. The van der Waals surface area contributed by atoms with Gasteiger partial charge in [0.05, 0.1) is 19.0 Å². The van der Waals surface area contributed by atoms with Crippen LogP contribution in [-0.4, -0.2) is 22.5 Å². The van der Waals surface area contributed by atoms with E-state index in [1.54, 1.807) is 18.3 Å².